The lowest BCUT2D eigenvalue weighted by Crippen LogP contribution is -2.14. The van der Waals surface area contributed by atoms with Gasteiger partial charge >= 0.3 is 0 Å². The van der Waals surface area contributed by atoms with Gasteiger partial charge in [0.1, 0.15) is 5.75 Å². The van der Waals surface area contributed by atoms with Crippen molar-refractivity contribution in [2.75, 3.05) is 11.8 Å². The normalized spacial score (nSPS) is 11.7. The van der Waals surface area contributed by atoms with E-state index in [1.54, 1.807) is 36.1 Å². The third kappa shape index (κ3) is 3.24. The summed E-state index contributed by atoms with van der Waals surface area (Å²) in [5.74, 6) is 0.312. The van der Waals surface area contributed by atoms with Gasteiger partial charge in [0, 0.05) is 18.1 Å². The van der Waals surface area contributed by atoms with Crippen LogP contribution in [-0.4, -0.2) is 19.5 Å². The van der Waals surface area contributed by atoms with Gasteiger partial charge in [0.15, 0.2) is 0 Å². The number of sulfonamides is 1. The van der Waals surface area contributed by atoms with Crippen LogP contribution >= 0.6 is 23.1 Å². The van der Waals surface area contributed by atoms with Crippen molar-refractivity contribution >= 4 is 49.7 Å². The molecule has 1 aromatic heterocycles. The lowest BCUT2D eigenvalue weighted by atomic mass is 10.2. The molecule has 132 valence electrons. The van der Waals surface area contributed by atoms with Crippen molar-refractivity contribution in [3.63, 3.8) is 0 Å². The minimum atomic E-state index is -3.89. The first-order chi connectivity index (χ1) is 11.7. The first-order valence-electron chi connectivity index (χ1n) is 7.20. The van der Waals surface area contributed by atoms with Crippen molar-refractivity contribution in [3.8, 4) is 5.75 Å². The maximum Gasteiger partial charge on any atom is 0.262 e. The van der Waals surface area contributed by atoms with E-state index in [4.69, 9.17) is 16.3 Å². The molecule has 0 fully saturated rings. The van der Waals surface area contributed by atoms with Gasteiger partial charge in [0.05, 0.1) is 28.6 Å². The molecule has 1 N–H and O–H groups in total. The fourth-order valence-corrected chi connectivity index (χ4v) is 4.47. The number of aromatic nitrogens is 1. The van der Waals surface area contributed by atoms with Gasteiger partial charge in [-0.15, -0.1) is 0 Å². The highest BCUT2D eigenvalue weighted by atomic mass is 35.5. The lowest BCUT2D eigenvalue weighted by Gasteiger charge is -2.13. The second kappa shape index (κ2) is 6.36. The molecule has 0 aliphatic rings. The molecule has 0 amide bonds. The molecule has 0 aliphatic heterocycles. The minimum absolute atomic E-state index is 0.00477. The van der Waals surface area contributed by atoms with Crippen LogP contribution in [0.25, 0.3) is 10.9 Å². The van der Waals surface area contributed by atoms with Gasteiger partial charge in [-0.1, -0.05) is 11.6 Å². The monoisotopic (exact) mass is 398 g/mol. The number of benzene rings is 2. The molecule has 6 nitrogen and oxygen atoms in total. The van der Waals surface area contributed by atoms with Crippen LogP contribution in [0.2, 0.25) is 5.02 Å². The molecule has 0 saturated carbocycles. The predicted octanol–water partition coefficient (Wildman–Crippen LogP) is 3.37. The highest BCUT2D eigenvalue weighted by molar-refractivity contribution is 7.92. The second-order valence-electron chi connectivity index (χ2n) is 5.46. The Bertz CT molecular complexity index is 1130. The van der Waals surface area contributed by atoms with Gasteiger partial charge in [0.2, 0.25) is 0 Å². The Kier molecular flexibility index (Phi) is 4.52. The van der Waals surface area contributed by atoms with Gasteiger partial charge in [0.25, 0.3) is 14.8 Å². The summed E-state index contributed by atoms with van der Waals surface area (Å²) in [4.78, 5) is 12.0. The van der Waals surface area contributed by atoms with Gasteiger partial charge in [-0.05, 0) is 48.3 Å². The van der Waals surface area contributed by atoms with Crippen molar-refractivity contribution in [2.45, 2.75) is 11.8 Å². The van der Waals surface area contributed by atoms with Crippen LogP contribution in [0.1, 0.15) is 5.56 Å². The van der Waals surface area contributed by atoms with E-state index in [9.17, 15) is 13.2 Å². The molecular weight excluding hydrogens is 384 g/mol. The first kappa shape index (κ1) is 17.8. The summed E-state index contributed by atoms with van der Waals surface area (Å²) in [5.41, 5.74) is 1.68. The number of nitrogens with one attached hydrogen (secondary N) is 1. The number of halogens is 1. The van der Waals surface area contributed by atoms with Crippen molar-refractivity contribution in [3.05, 3.63) is 50.5 Å². The molecule has 9 heteroatoms. The number of ether oxygens (including phenoxy) is 1. The minimum Gasteiger partial charge on any atom is -0.495 e. The van der Waals surface area contributed by atoms with Gasteiger partial charge in [-0.3, -0.25) is 13.5 Å². The SMILES string of the molecule is COc1cc(Cl)c(C)cc1NS(=O)(=O)c1ccc2c(c1)c(=O)sn2C. The zero-order valence-electron chi connectivity index (χ0n) is 13.7. The van der Waals surface area contributed by atoms with Crippen molar-refractivity contribution in [1.29, 1.82) is 0 Å². The van der Waals surface area contributed by atoms with Gasteiger partial charge in [-0.2, -0.15) is 0 Å². The lowest BCUT2D eigenvalue weighted by molar-refractivity contribution is 0.417. The molecule has 0 saturated heterocycles. The highest BCUT2D eigenvalue weighted by Crippen LogP contribution is 2.32. The van der Waals surface area contributed by atoms with Crippen LogP contribution in [0.4, 0.5) is 5.69 Å². The topological polar surface area (TPSA) is 77.4 Å². The Morgan fingerprint density at radius 2 is 1.96 bits per heavy atom. The number of anilines is 1. The smallest absolute Gasteiger partial charge is 0.262 e. The maximum atomic E-state index is 12.7. The van der Waals surface area contributed by atoms with Crippen molar-refractivity contribution in [2.24, 2.45) is 7.05 Å². The van der Waals surface area contributed by atoms with Crippen LogP contribution in [0.15, 0.2) is 40.0 Å². The standard InChI is InChI=1S/C16H15ClN2O4S2/c1-9-6-13(15(23-3)8-12(9)17)18-25(21,22)10-4-5-14-11(7-10)16(20)24-19(14)2/h4-8,18H,1-3H3. The molecule has 0 spiro atoms. The van der Waals surface area contributed by atoms with E-state index in [0.29, 0.717) is 27.2 Å². The van der Waals surface area contributed by atoms with Gasteiger partial charge < -0.3 is 4.74 Å². The molecule has 0 bridgehead atoms. The van der Waals surface area contributed by atoms with E-state index in [-0.39, 0.29) is 15.3 Å². The molecule has 0 aliphatic carbocycles. The Morgan fingerprint density at radius 3 is 2.64 bits per heavy atom. The van der Waals surface area contributed by atoms with Crippen LogP contribution in [0.3, 0.4) is 0 Å². The average molecular weight is 399 g/mol. The summed E-state index contributed by atoms with van der Waals surface area (Å²) in [7, 11) is -0.708. The van der Waals surface area contributed by atoms with E-state index < -0.39 is 10.0 Å². The number of hydrogen-bond acceptors (Lipinski definition) is 5. The molecule has 0 unspecified atom stereocenters. The van der Waals surface area contributed by atoms with Crippen molar-refractivity contribution in [1.82, 2.24) is 3.96 Å². The van der Waals surface area contributed by atoms with Crippen LogP contribution < -0.4 is 14.2 Å². The Morgan fingerprint density at radius 1 is 1.24 bits per heavy atom. The zero-order valence-corrected chi connectivity index (χ0v) is 16.1. The quantitative estimate of drug-likeness (QED) is 0.730. The fourth-order valence-electron chi connectivity index (χ4n) is 2.46. The van der Waals surface area contributed by atoms with Crippen LogP contribution in [0, 0.1) is 6.92 Å². The summed E-state index contributed by atoms with van der Waals surface area (Å²) >= 11 is 7.07. The molecular formula is C16H15ClN2O4S2. The van der Waals surface area contributed by atoms with Crippen molar-refractivity contribution < 1.29 is 13.2 Å². The van der Waals surface area contributed by atoms with Crippen LogP contribution in [-0.2, 0) is 17.1 Å². The number of aryl methyl sites for hydroxylation is 2. The molecule has 25 heavy (non-hydrogen) atoms. The molecule has 3 rings (SSSR count). The maximum absolute atomic E-state index is 12.7. The first-order valence-corrected chi connectivity index (χ1v) is 9.83. The van der Waals surface area contributed by atoms with E-state index in [0.717, 1.165) is 11.5 Å². The number of methoxy groups -OCH3 is 1. The molecule has 3 aromatic rings. The zero-order chi connectivity index (χ0) is 18.4. The van der Waals surface area contributed by atoms with E-state index in [1.807, 2.05) is 0 Å². The van der Waals surface area contributed by atoms with Gasteiger partial charge in [-0.25, -0.2) is 8.42 Å². The van der Waals surface area contributed by atoms with Crippen LogP contribution in [0.5, 0.6) is 5.75 Å². The second-order valence-corrected chi connectivity index (χ2v) is 8.65. The summed E-state index contributed by atoms with van der Waals surface area (Å²) < 4.78 is 34.6. The predicted molar refractivity (Wildman–Crippen MR) is 101 cm³/mol. The fraction of sp³-hybridized carbons (Fsp3) is 0.188. The number of nitrogens with zero attached hydrogens (tertiary/aromatic N) is 1. The number of hydrogen-bond donors (Lipinski definition) is 1. The molecule has 2 aromatic carbocycles. The summed E-state index contributed by atoms with van der Waals surface area (Å²) in [5, 5.41) is 0.845. The third-order valence-electron chi connectivity index (χ3n) is 3.78. The Hall–Kier alpha value is -2.03. The molecule has 0 radical (unpaired) electrons. The third-order valence-corrected chi connectivity index (χ3v) is 6.41. The van der Waals surface area contributed by atoms with E-state index >= 15 is 0 Å². The average Bonchev–Trinajstić information content (AvgIpc) is 2.84. The summed E-state index contributed by atoms with van der Waals surface area (Å²) in [6.07, 6.45) is 0. The summed E-state index contributed by atoms with van der Waals surface area (Å²) in [6, 6.07) is 7.61. The Labute approximate surface area is 153 Å². The van der Waals surface area contributed by atoms with E-state index in [1.165, 1.54) is 19.2 Å². The highest BCUT2D eigenvalue weighted by Gasteiger charge is 2.19. The number of rotatable bonds is 4. The largest absolute Gasteiger partial charge is 0.495 e. The number of fused-ring (bicyclic) bond motifs is 1. The Balaban J connectivity index is 2.07. The summed E-state index contributed by atoms with van der Waals surface area (Å²) in [6.45, 7) is 1.76. The molecule has 0 atom stereocenters. The molecule has 1 heterocycles. The van der Waals surface area contributed by atoms with E-state index in [2.05, 4.69) is 4.72 Å².